The van der Waals surface area contributed by atoms with Crippen LogP contribution in [0.1, 0.15) is 29.2 Å². The van der Waals surface area contributed by atoms with Crippen LogP contribution in [0.4, 0.5) is 0 Å². The first kappa shape index (κ1) is 16.3. The standard InChI is InChI=1S/C20H20N4O2/c25-19(12-24-14-21-13-22-24)23-20(15-5-2-1-3-6-15)17-8-9-18-16(11-17)7-4-10-26-18/h1-3,5-6,8-9,11,13-14,20H,4,7,10,12H2,(H,23,25). The van der Waals surface area contributed by atoms with Gasteiger partial charge in [0.1, 0.15) is 24.9 Å². The van der Waals surface area contributed by atoms with E-state index in [1.54, 1.807) is 0 Å². The van der Waals surface area contributed by atoms with E-state index in [1.165, 1.54) is 22.9 Å². The minimum atomic E-state index is -0.223. The van der Waals surface area contributed by atoms with Gasteiger partial charge in [-0.2, -0.15) is 5.10 Å². The average molecular weight is 348 g/mol. The average Bonchev–Trinajstić information content (AvgIpc) is 3.19. The highest BCUT2D eigenvalue weighted by Gasteiger charge is 2.20. The number of carbonyl (C=O) groups is 1. The van der Waals surface area contributed by atoms with Gasteiger partial charge in [-0.25, -0.2) is 9.67 Å². The summed E-state index contributed by atoms with van der Waals surface area (Å²) in [6.07, 6.45) is 4.97. The van der Waals surface area contributed by atoms with Crippen molar-refractivity contribution in [3.63, 3.8) is 0 Å². The molecular formula is C20H20N4O2. The lowest BCUT2D eigenvalue weighted by atomic mass is 9.95. The van der Waals surface area contributed by atoms with Crippen molar-refractivity contribution in [2.24, 2.45) is 0 Å². The van der Waals surface area contributed by atoms with Crippen LogP contribution in [0.25, 0.3) is 0 Å². The zero-order chi connectivity index (χ0) is 17.8. The maximum absolute atomic E-state index is 12.5. The minimum Gasteiger partial charge on any atom is -0.493 e. The van der Waals surface area contributed by atoms with Crippen LogP contribution in [-0.4, -0.2) is 27.3 Å². The molecule has 26 heavy (non-hydrogen) atoms. The fourth-order valence-corrected chi connectivity index (χ4v) is 3.23. The van der Waals surface area contributed by atoms with Crippen LogP contribution in [-0.2, 0) is 17.8 Å². The van der Waals surface area contributed by atoms with Crippen LogP contribution >= 0.6 is 0 Å². The molecule has 1 atom stereocenters. The van der Waals surface area contributed by atoms with E-state index >= 15 is 0 Å². The van der Waals surface area contributed by atoms with Gasteiger partial charge >= 0.3 is 0 Å². The van der Waals surface area contributed by atoms with Crippen molar-refractivity contribution in [2.75, 3.05) is 6.61 Å². The number of aromatic nitrogens is 3. The van der Waals surface area contributed by atoms with Crippen molar-refractivity contribution in [2.45, 2.75) is 25.4 Å². The quantitative estimate of drug-likeness (QED) is 0.769. The normalized spacial score (nSPS) is 14.2. The predicted octanol–water partition coefficient (Wildman–Crippen LogP) is 2.51. The molecule has 1 aliphatic rings. The Balaban J connectivity index is 1.62. The number of rotatable bonds is 5. The topological polar surface area (TPSA) is 69.0 Å². The summed E-state index contributed by atoms with van der Waals surface area (Å²) in [5.74, 6) is 0.832. The molecule has 1 amide bonds. The van der Waals surface area contributed by atoms with Crippen molar-refractivity contribution in [3.05, 3.63) is 77.9 Å². The number of nitrogens with one attached hydrogen (secondary N) is 1. The second-order valence-corrected chi connectivity index (χ2v) is 6.32. The zero-order valence-electron chi connectivity index (χ0n) is 14.3. The number of amides is 1. The fourth-order valence-electron chi connectivity index (χ4n) is 3.23. The summed E-state index contributed by atoms with van der Waals surface area (Å²) in [4.78, 5) is 16.4. The summed E-state index contributed by atoms with van der Waals surface area (Å²) < 4.78 is 7.22. The molecule has 0 radical (unpaired) electrons. The Morgan fingerprint density at radius 2 is 2.08 bits per heavy atom. The molecule has 6 nitrogen and oxygen atoms in total. The van der Waals surface area contributed by atoms with Gasteiger partial charge < -0.3 is 10.1 Å². The maximum Gasteiger partial charge on any atom is 0.242 e. The monoisotopic (exact) mass is 348 g/mol. The number of nitrogens with zero attached hydrogens (tertiary/aromatic N) is 3. The molecule has 0 aliphatic carbocycles. The summed E-state index contributed by atoms with van der Waals surface area (Å²) >= 11 is 0. The second kappa shape index (κ2) is 7.39. The largest absolute Gasteiger partial charge is 0.493 e. The third-order valence-corrected chi connectivity index (χ3v) is 4.48. The molecule has 0 spiro atoms. The highest BCUT2D eigenvalue weighted by molar-refractivity contribution is 5.76. The van der Waals surface area contributed by atoms with E-state index in [-0.39, 0.29) is 18.5 Å². The van der Waals surface area contributed by atoms with Crippen molar-refractivity contribution in [3.8, 4) is 5.75 Å². The van der Waals surface area contributed by atoms with Crippen LogP contribution in [0.2, 0.25) is 0 Å². The number of benzene rings is 2. The number of carbonyl (C=O) groups excluding carboxylic acids is 1. The molecule has 6 heteroatoms. The van der Waals surface area contributed by atoms with Crippen LogP contribution in [0.15, 0.2) is 61.2 Å². The minimum absolute atomic E-state index is 0.113. The summed E-state index contributed by atoms with van der Waals surface area (Å²) in [6.45, 7) is 0.903. The molecule has 1 N–H and O–H groups in total. The van der Waals surface area contributed by atoms with Crippen molar-refractivity contribution < 1.29 is 9.53 Å². The molecular weight excluding hydrogens is 328 g/mol. The van der Waals surface area contributed by atoms with Crippen molar-refractivity contribution in [1.29, 1.82) is 0 Å². The lowest BCUT2D eigenvalue weighted by molar-refractivity contribution is -0.122. The number of hydrogen-bond acceptors (Lipinski definition) is 4. The molecule has 1 unspecified atom stereocenters. The first-order valence-corrected chi connectivity index (χ1v) is 8.72. The van der Waals surface area contributed by atoms with E-state index in [2.05, 4.69) is 21.5 Å². The number of aryl methyl sites for hydroxylation is 1. The van der Waals surface area contributed by atoms with Gasteiger partial charge in [0.25, 0.3) is 0 Å². The summed E-state index contributed by atoms with van der Waals surface area (Å²) in [5.41, 5.74) is 3.28. The molecule has 1 aliphatic heterocycles. The highest BCUT2D eigenvalue weighted by atomic mass is 16.5. The third-order valence-electron chi connectivity index (χ3n) is 4.48. The predicted molar refractivity (Wildman–Crippen MR) is 96.7 cm³/mol. The van der Waals surface area contributed by atoms with E-state index in [0.717, 1.165) is 36.3 Å². The van der Waals surface area contributed by atoms with E-state index in [4.69, 9.17) is 4.74 Å². The Morgan fingerprint density at radius 3 is 2.88 bits per heavy atom. The van der Waals surface area contributed by atoms with Crippen LogP contribution in [0.3, 0.4) is 0 Å². The summed E-state index contributed by atoms with van der Waals surface area (Å²) in [6, 6.07) is 15.9. The van der Waals surface area contributed by atoms with Gasteiger partial charge in [0.15, 0.2) is 0 Å². The van der Waals surface area contributed by atoms with Gasteiger partial charge in [0.05, 0.1) is 12.6 Å². The molecule has 2 aromatic carbocycles. The lowest BCUT2D eigenvalue weighted by Gasteiger charge is -2.23. The van der Waals surface area contributed by atoms with Crippen LogP contribution in [0, 0.1) is 0 Å². The SMILES string of the molecule is O=C(Cn1cncn1)NC(c1ccccc1)c1ccc2c(c1)CCCO2. The van der Waals surface area contributed by atoms with Gasteiger partial charge in [0.2, 0.25) is 5.91 Å². The van der Waals surface area contributed by atoms with Gasteiger partial charge in [-0.1, -0.05) is 36.4 Å². The van der Waals surface area contributed by atoms with E-state index < -0.39 is 0 Å². The first-order valence-electron chi connectivity index (χ1n) is 8.72. The Hall–Kier alpha value is -3.15. The van der Waals surface area contributed by atoms with Gasteiger partial charge in [-0.05, 0) is 41.7 Å². The fraction of sp³-hybridized carbons (Fsp3) is 0.250. The maximum atomic E-state index is 12.5. The smallest absolute Gasteiger partial charge is 0.242 e. The molecule has 1 aromatic heterocycles. The molecule has 4 rings (SSSR count). The Labute approximate surface area is 151 Å². The van der Waals surface area contributed by atoms with Gasteiger partial charge in [0, 0.05) is 0 Å². The molecule has 132 valence electrons. The number of hydrogen-bond donors (Lipinski definition) is 1. The summed E-state index contributed by atoms with van der Waals surface area (Å²) in [7, 11) is 0. The Bertz CT molecular complexity index is 878. The Kier molecular flexibility index (Phi) is 4.64. The van der Waals surface area contributed by atoms with E-state index in [0.29, 0.717) is 0 Å². The van der Waals surface area contributed by atoms with E-state index in [1.807, 2.05) is 42.5 Å². The van der Waals surface area contributed by atoms with Crippen LogP contribution in [0.5, 0.6) is 5.75 Å². The third kappa shape index (κ3) is 3.59. The zero-order valence-corrected chi connectivity index (χ0v) is 14.3. The van der Waals surface area contributed by atoms with Crippen LogP contribution < -0.4 is 10.1 Å². The molecule has 0 fully saturated rings. The second-order valence-electron chi connectivity index (χ2n) is 6.32. The molecule has 0 saturated heterocycles. The lowest BCUT2D eigenvalue weighted by Crippen LogP contribution is -2.32. The molecule has 0 saturated carbocycles. The molecule has 2 heterocycles. The number of fused-ring (bicyclic) bond motifs is 1. The van der Waals surface area contributed by atoms with E-state index in [9.17, 15) is 4.79 Å². The molecule has 3 aromatic rings. The summed E-state index contributed by atoms with van der Waals surface area (Å²) in [5, 5.41) is 7.12. The van der Waals surface area contributed by atoms with Crippen molar-refractivity contribution in [1.82, 2.24) is 20.1 Å². The number of ether oxygens (including phenoxy) is 1. The highest BCUT2D eigenvalue weighted by Crippen LogP contribution is 2.30. The Morgan fingerprint density at radius 1 is 1.19 bits per heavy atom. The first-order chi connectivity index (χ1) is 12.8. The van der Waals surface area contributed by atoms with Gasteiger partial charge in [-0.15, -0.1) is 0 Å². The molecule has 0 bridgehead atoms. The van der Waals surface area contributed by atoms with Crippen molar-refractivity contribution >= 4 is 5.91 Å². The van der Waals surface area contributed by atoms with Gasteiger partial charge in [-0.3, -0.25) is 4.79 Å².